The Morgan fingerprint density at radius 2 is 1.61 bits per heavy atom. The van der Waals surface area contributed by atoms with Gasteiger partial charge in [-0.2, -0.15) is 10.1 Å². The molecule has 0 aliphatic carbocycles. The van der Waals surface area contributed by atoms with E-state index in [0.717, 1.165) is 37.7 Å². The molecule has 1 N–H and O–H groups in total. The molecule has 1 saturated heterocycles. The van der Waals surface area contributed by atoms with Crippen LogP contribution in [0.4, 0.5) is 26.2 Å². The zero-order chi connectivity index (χ0) is 19.3. The van der Waals surface area contributed by atoms with Crippen molar-refractivity contribution in [3.8, 4) is 0 Å². The molecule has 144 valence electrons. The minimum absolute atomic E-state index is 0.232. The van der Waals surface area contributed by atoms with E-state index in [2.05, 4.69) is 30.3 Å². The fourth-order valence-corrected chi connectivity index (χ4v) is 3.18. The molecule has 0 bridgehead atoms. The Bertz CT molecular complexity index is 926. The first-order chi connectivity index (χ1) is 13.7. The summed E-state index contributed by atoms with van der Waals surface area (Å²) in [6.45, 7) is 3.42. The van der Waals surface area contributed by atoms with Crippen molar-refractivity contribution in [2.24, 2.45) is 0 Å². The van der Waals surface area contributed by atoms with Gasteiger partial charge in [0.2, 0.25) is 5.95 Å². The number of aromatic nitrogens is 3. The number of nitrogens with one attached hydrogen (secondary N) is 1. The second-order valence-electron chi connectivity index (χ2n) is 6.53. The van der Waals surface area contributed by atoms with Crippen LogP contribution < -0.4 is 15.1 Å². The summed E-state index contributed by atoms with van der Waals surface area (Å²) in [4.78, 5) is 8.84. The van der Waals surface area contributed by atoms with Crippen LogP contribution in [-0.2, 0) is 6.54 Å². The highest BCUT2D eigenvalue weighted by Gasteiger charge is 2.19. The molecule has 0 amide bonds. The summed E-state index contributed by atoms with van der Waals surface area (Å²) in [6.07, 6.45) is 1.63. The van der Waals surface area contributed by atoms with Gasteiger partial charge in [0.1, 0.15) is 11.6 Å². The lowest BCUT2D eigenvalue weighted by Gasteiger charge is -2.36. The van der Waals surface area contributed by atoms with Crippen LogP contribution in [0.15, 0.2) is 54.7 Å². The van der Waals surface area contributed by atoms with Crippen LogP contribution in [0.3, 0.4) is 0 Å². The zero-order valence-corrected chi connectivity index (χ0v) is 15.2. The van der Waals surface area contributed by atoms with Crippen LogP contribution in [0.1, 0.15) is 5.56 Å². The van der Waals surface area contributed by atoms with E-state index in [0.29, 0.717) is 11.5 Å². The van der Waals surface area contributed by atoms with E-state index in [1.165, 1.54) is 18.2 Å². The number of hydrogen-bond donors (Lipinski definition) is 1. The molecule has 0 unspecified atom stereocenters. The quantitative estimate of drug-likeness (QED) is 0.732. The smallest absolute Gasteiger partial charge is 0.244 e. The van der Waals surface area contributed by atoms with Crippen LogP contribution in [0, 0.1) is 11.6 Å². The molecular formula is C20H20F2N6. The molecular weight excluding hydrogens is 362 g/mol. The standard InChI is InChI=1S/C20H20F2N6/c21-16-5-7-17(8-6-16)27-9-11-28(12-10-27)19-14-24-26-20(25-19)23-13-15-3-1-2-4-18(15)22/h1-8,14H,9-13H2,(H,23,25,26). The van der Waals surface area contributed by atoms with E-state index in [9.17, 15) is 8.78 Å². The topological polar surface area (TPSA) is 57.2 Å². The molecule has 3 aromatic rings. The molecule has 2 heterocycles. The maximum absolute atomic E-state index is 13.7. The van der Waals surface area contributed by atoms with Gasteiger partial charge in [-0.15, -0.1) is 5.10 Å². The molecule has 0 saturated carbocycles. The number of piperazine rings is 1. The Labute approximate surface area is 161 Å². The average molecular weight is 382 g/mol. The summed E-state index contributed by atoms with van der Waals surface area (Å²) in [5.41, 5.74) is 1.55. The van der Waals surface area contributed by atoms with Gasteiger partial charge in [-0.3, -0.25) is 0 Å². The fourth-order valence-electron chi connectivity index (χ4n) is 3.18. The first-order valence-electron chi connectivity index (χ1n) is 9.11. The Kier molecular flexibility index (Phi) is 5.27. The number of halogens is 2. The highest BCUT2D eigenvalue weighted by atomic mass is 19.1. The first-order valence-corrected chi connectivity index (χ1v) is 9.11. The third-order valence-electron chi connectivity index (χ3n) is 4.74. The van der Waals surface area contributed by atoms with Crippen LogP contribution in [0.25, 0.3) is 0 Å². The molecule has 1 aromatic heterocycles. The average Bonchev–Trinajstić information content (AvgIpc) is 2.74. The molecule has 1 aliphatic rings. The van der Waals surface area contributed by atoms with Crippen molar-refractivity contribution >= 4 is 17.5 Å². The summed E-state index contributed by atoms with van der Waals surface area (Å²) in [5.74, 6) is 0.590. The van der Waals surface area contributed by atoms with Gasteiger partial charge >= 0.3 is 0 Å². The minimum Gasteiger partial charge on any atom is -0.368 e. The number of nitrogens with zero attached hydrogens (tertiary/aromatic N) is 5. The maximum Gasteiger partial charge on any atom is 0.244 e. The second kappa shape index (κ2) is 8.16. The summed E-state index contributed by atoms with van der Waals surface area (Å²) in [5, 5.41) is 11.0. The van der Waals surface area contributed by atoms with Gasteiger partial charge in [0.05, 0.1) is 6.20 Å². The van der Waals surface area contributed by atoms with Crippen molar-refractivity contribution in [3.05, 3.63) is 71.9 Å². The number of anilines is 3. The Balaban J connectivity index is 1.37. The third kappa shape index (κ3) is 4.16. The SMILES string of the molecule is Fc1ccc(N2CCN(c3cnnc(NCc4ccccc4F)n3)CC2)cc1. The summed E-state index contributed by atoms with van der Waals surface area (Å²) in [7, 11) is 0. The van der Waals surface area contributed by atoms with E-state index in [-0.39, 0.29) is 18.2 Å². The minimum atomic E-state index is -0.268. The van der Waals surface area contributed by atoms with Crippen LogP contribution >= 0.6 is 0 Å². The predicted octanol–water partition coefficient (Wildman–Crippen LogP) is 3.09. The van der Waals surface area contributed by atoms with E-state index in [4.69, 9.17) is 0 Å². The number of hydrogen-bond acceptors (Lipinski definition) is 6. The highest BCUT2D eigenvalue weighted by molar-refractivity contribution is 5.49. The second-order valence-corrected chi connectivity index (χ2v) is 6.53. The lowest BCUT2D eigenvalue weighted by atomic mass is 10.2. The Morgan fingerprint density at radius 1 is 0.893 bits per heavy atom. The summed E-state index contributed by atoms with van der Waals surface area (Å²) in [6, 6.07) is 13.1. The molecule has 1 aliphatic heterocycles. The van der Waals surface area contributed by atoms with E-state index >= 15 is 0 Å². The Hall–Kier alpha value is -3.29. The Morgan fingerprint density at radius 3 is 2.36 bits per heavy atom. The van der Waals surface area contributed by atoms with Crippen molar-refractivity contribution in [1.82, 2.24) is 15.2 Å². The van der Waals surface area contributed by atoms with Crippen molar-refractivity contribution in [2.75, 3.05) is 41.3 Å². The van der Waals surface area contributed by atoms with Crippen molar-refractivity contribution in [3.63, 3.8) is 0 Å². The van der Waals surface area contributed by atoms with Gasteiger partial charge in [0.15, 0.2) is 5.82 Å². The highest BCUT2D eigenvalue weighted by Crippen LogP contribution is 2.20. The molecule has 8 heteroatoms. The van der Waals surface area contributed by atoms with Gasteiger partial charge in [0.25, 0.3) is 0 Å². The molecule has 0 atom stereocenters. The van der Waals surface area contributed by atoms with Gasteiger partial charge in [-0.1, -0.05) is 18.2 Å². The van der Waals surface area contributed by atoms with Gasteiger partial charge in [-0.05, 0) is 30.3 Å². The van der Waals surface area contributed by atoms with Gasteiger partial charge < -0.3 is 15.1 Å². The molecule has 2 aromatic carbocycles. The molecule has 4 rings (SSSR count). The summed E-state index contributed by atoms with van der Waals surface area (Å²) >= 11 is 0. The summed E-state index contributed by atoms with van der Waals surface area (Å²) < 4.78 is 26.8. The van der Waals surface area contributed by atoms with Gasteiger partial charge in [0, 0.05) is 44.0 Å². The normalized spacial score (nSPS) is 14.2. The van der Waals surface area contributed by atoms with E-state index in [1.54, 1.807) is 36.5 Å². The van der Waals surface area contributed by atoms with Crippen LogP contribution in [0.2, 0.25) is 0 Å². The number of rotatable bonds is 5. The van der Waals surface area contributed by atoms with Crippen molar-refractivity contribution in [2.45, 2.75) is 6.54 Å². The molecule has 0 radical (unpaired) electrons. The van der Waals surface area contributed by atoms with E-state index in [1.807, 2.05) is 0 Å². The fraction of sp³-hybridized carbons (Fsp3) is 0.250. The van der Waals surface area contributed by atoms with E-state index < -0.39 is 0 Å². The predicted molar refractivity (Wildman–Crippen MR) is 104 cm³/mol. The molecule has 28 heavy (non-hydrogen) atoms. The maximum atomic E-state index is 13.7. The monoisotopic (exact) mass is 382 g/mol. The lowest BCUT2D eigenvalue weighted by molar-refractivity contribution is 0.612. The third-order valence-corrected chi connectivity index (χ3v) is 4.74. The van der Waals surface area contributed by atoms with Crippen LogP contribution in [0.5, 0.6) is 0 Å². The zero-order valence-electron chi connectivity index (χ0n) is 15.2. The molecule has 0 spiro atoms. The van der Waals surface area contributed by atoms with Gasteiger partial charge in [-0.25, -0.2) is 8.78 Å². The van der Waals surface area contributed by atoms with Crippen molar-refractivity contribution < 1.29 is 8.78 Å². The number of benzene rings is 2. The van der Waals surface area contributed by atoms with Crippen LogP contribution in [-0.4, -0.2) is 41.4 Å². The molecule has 1 fully saturated rings. The lowest BCUT2D eigenvalue weighted by Crippen LogP contribution is -2.47. The first kappa shape index (κ1) is 18.1. The van der Waals surface area contributed by atoms with Crippen molar-refractivity contribution in [1.29, 1.82) is 0 Å². The molecule has 6 nitrogen and oxygen atoms in total. The largest absolute Gasteiger partial charge is 0.368 e.